The number of hydrogen-bond acceptors (Lipinski definition) is 9. The van der Waals surface area contributed by atoms with E-state index in [0.29, 0.717) is 24.9 Å². The maximum absolute atomic E-state index is 12.9. The van der Waals surface area contributed by atoms with E-state index in [9.17, 15) is 44.1 Å². The number of carboxylic acid groups (broad SMARTS) is 3. The Hall–Kier alpha value is -4.24. The Balaban J connectivity index is 3.01. The van der Waals surface area contributed by atoms with Crippen LogP contribution in [0.4, 0.5) is 0 Å². The molecule has 0 saturated heterocycles. The van der Waals surface area contributed by atoms with Crippen LogP contribution < -0.4 is 27.4 Å². The van der Waals surface area contributed by atoms with Crippen molar-refractivity contribution in [3.8, 4) is 5.75 Å². The minimum Gasteiger partial charge on any atom is -0.508 e. The number of aromatic hydroxyl groups is 1. The molecule has 0 aliphatic carbocycles. The Morgan fingerprint density at radius 2 is 1.31 bits per heavy atom. The molecule has 216 valence electrons. The van der Waals surface area contributed by atoms with Crippen LogP contribution in [-0.4, -0.2) is 86.8 Å². The van der Waals surface area contributed by atoms with Gasteiger partial charge in [-0.2, -0.15) is 0 Å². The summed E-state index contributed by atoms with van der Waals surface area (Å²) in [6.07, 6.45) is -0.673. The predicted octanol–water partition coefficient (Wildman–Crippen LogP) is -1.73. The van der Waals surface area contributed by atoms with Crippen LogP contribution in [0.25, 0.3) is 0 Å². The summed E-state index contributed by atoms with van der Waals surface area (Å²) in [5.74, 6) is -7.19. The molecular weight excluding hydrogens is 518 g/mol. The maximum Gasteiger partial charge on any atom is 0.326 e. The number of rotatable bonds is 18. The number of carbonyl (C=O) groups excluding carboxylic acids is 3. The molecule has 0 saturated carbocycles. The monoisotopic (exact) mass is 553 g/mol. The summed E-state index contributed by atoms with van der Waals surface area (Å²) in [5, 5.41) is 43.8. The van der Waals surface area contributed by atoms with Crippen LogP contribution in [0.2, 0.25) is 0 Å². The first-order valence-corrected chi connectivity index (χ1v) is 12.1. The number of phenolic OH excluding ortho intramolecular Hbond substituents is 1. The summed E-state index contributed by atoms with van der Waals surface area (Å²) >= 11 is 0. The number of aliphatic carboxylic acids is 3. The SMILES string of the molecule is NCCCCC(N)C(=O)NC(CCC(=O)O)C(=O)NC(CC(=O)O)C(=O)NC(Cc1ccc(O)cc1)C(=O)O. The molecule has 0 spiro atoms. The Kier molecular flexibility index (Phi) is 13.9. The molecule has 1 rings (SSSR count). The molecular formula is C24H35N5O10. The molecule has 0 heterocycles. The smallest absolute Gasteiger partial charge is 0.326 e. The van der Waals surface area contributed by atoms with Gasteiger partial charge in [-0.25, -0.2) is 4.79 Å². The molecule has 15 heteroatoms. The zero-order valence-corrected chi connectivity index (χ0v) is 21.2. The van der Waals surface area contributed by atoms with Gasteiger partial charge < -0.3 is 47.8 Å². The molecule has 4 unspecified atom stereocenters. The lowest BCUT2D eigenvalue weighted by atomic mass is 10.0. The minimum atomic E-state index is -1.75. The van der Waals surface area contributed by atoms with E-state index in [2.05, 4.69) is 16.0 Å². The van der Waals surface area contributed by atoms with Gasteiger partial charge >= 0.3 is 17.9 Å². The molecule has 0 radical (unpaired) electrons. The van der Waals surface area contributed by atoms with E-state index in [1.54, 1.807) is 0 Å². The highest BCUT2D eigenvalue weighted by molar-refractivity contribution is 5.95. The normalized spacial score (nSPS) is 13.8. The summed E-state index contributed by atoms with van der Waals surface area (Å²) in [6.45, 7) is 0.392. The number of carboxylic acids is 3. The molecule has 11 N–H and O–H groups in total. The first-order chi connectivity index (χ1) is 18.3. The van der Waals surface area contributed by atoms with Crippen LogP contribution in [0.5, 0.6) is 5.75 Å². The lowest BCUT2D eigenvalue weighted by Gasteiger charge is -2.24. The highest BCUT2D eigenvalue weighted by Crippen LogP contribution is 2.12. The second-order valence-corrected chi connectivity index (χ2v) is 8.81. The Labute approximate surface area is 223 Å². The minimum absolute atomic E-state index is 0.0556. The van der Waals surface area contributed by atoms with E-state index in [1.165, 1.54) is 24.3 Å². The van der Waals surface area contributed by atoms with E-state index in [0.717, 1.165) is 0 Å². The highest BCUT2D eigenvalue weighted by Gasteiger charge is 2.32. The number of carbonyl (C=O) groups is 6. The van der Waals surface area contributed by atoms with E-state index in [-0.39, 0.29) is 25.0 Å². The number of amides is 3. The van der Waals surface area contributed by atoms with Crippen molar-refractivity contribution in [2.24, 2.45) is 11.5 Å². The number of nitrogens with two attached hydrogens (primary N) is 2. The van der Waals surface area contributed by atoms with Crippen molar-refractivity contribution in [2.75, 3.05) is 6.54 Å². The van der Waals surface area contributed by atoms with Gasteiger partial charge in [-0.15, -0.1) is 0 Å². The van der Waals surface area contributed by atoms with Gasteiger partial charge in [-0.3, -0.25) is 24.0 Å². The summed E-state index contributed by atoms with van der Waals surface area (Å²) in [4.78, 5) is 72.4. The molecule has 39 heavy (non-hydrogen) atoms. The standard InChI is InChI=1S/C24H35N5O10/c25-10-2-1-3-15(26)21(35)27-16(8-9-19(31)32)22(36)28-17(12-20(33)34)23(37)29-18(24(38)39)11-13-4-6-14(30)7-5-13/h4-7,15-18,30H,1-3,8-12,25-26H2,(H,27,35)(H,28,36)(H,29,37)(H,31,32)(H,33,34)(H,38,39). The van der Waals surface area contributed by atoms with Crippen molar-refractivity contribution in [1.82, 2.24) is 16.0 Å². The summed E-state index contributed by atoms with van der Waals surface area (Å²) in [5.41, 5.74) is 11.7. The lowest BCUT2D eigenvalue weighted by molar-refractivity contribution is -0.143. The average molecular weight is 554 g/mol. The van der Waals surface area contributed by atoms with Gasteiger partial charge in [-0.1, -0.05) is 18.6 Å². The highest BCUT2D eigenvalue weighted by atomic mass is 16.4. The van der Waals surface area contributed by atoms with E-state index >= 15 is 0 Å². The third-order valence-corrected chi connectivity index (χ3v) is 5.59. The number of benzene rings is 1. The molecule has 0 aromatic heterocycles. The van der Waals surface area contributed by atoms with Gasteiger partial charge in [0.2, 0.25) is 17.7 Å². The second-order valence-electron chi connectivity index (χ2n) is 8.81. The van der Waals surface area contributed by atoms with Crippen LogP contribution in [0, 0.1) is 0 Å². The zero-order valence-electron chi connectivity index (χ0n) is 21.2. The quantitative estimate of drug-likeness (QED) is 0.0917. The number of nitrogens with one attached hydrogen (secondary N) is 3. The molecule has 0 aliphatic rings. The summed E-state index contributed by atoms with van der Waals surface area (Å²) in [7, 11) is 0. The van der Waals surface area contributed by atoms with Crippen molar-refractivity contribution >= 4 is 35.6 Å². The third kappa shape index (κ3) is 12.7. The van der Waals surface area contributed by atoms with Crippen molar-refractivity contribution in [3.05, 3.63) is 29.8 Å². The third-order valence-electron chi connectivity index (χ3n) is 5.59. The zero-order chi connectivity index (χ0) is 29.5. The Bertz CT molecular complexity index is 1020. The van der Waals surface area contributed by atoms with Crippen molar-refractivity contribution in [3.63, 3.8) is 0 Å². The van der Waals surface area contributed by atoms with E-state index in [1.807, 2.05) is 0 Å². The molecule has 0 bridgehead atoms. The van der Waals surface area contributed by atoms with E-state index < -0.39 is 72.6 Å². The second kappa shape index (κ2) is 16.6. The fourth-order valence-electron chi connectivity index (χ4n) is 3.45. The lowest BCUT2D eigenvalue weighted by Crippen LogP contribution is -2.57. The van der Waals surface area contributed by atoms with Crippen LogP contribution in [0.1, 0.15) is 44.1 Å². The number of hydrogen-bond donors (Lipinski definition) is 9. The predicted molar refractivity (Wildman–Crippen MR) is 135 cm³/mol. The summed E-state index contributed by atoms with van der Waals surface area (Å²) in [6, 6.07) is -0.243. The fourth-order valence-corrected chi connectivity index (χ4v) is 3.45. The van der Waals surface area contributed by atoms with Gasteiger partial charge in [0.05, 0.1) is 12.5 Å². The maximum atomic E-state index is 12.9. The molecule has 4 atom stereocenters. The first-order valence-electron chi connectivity index (χ1n) is 12.1. The number of phenols is 1. The van der Waals surface area contributed by atoms with Crippen LogP contribution >= 0.6 is 0 Å². The van der Waals surface area contributed by atoms with Crippen LogP contribution in [-0.2, 0) is 35.2 Å². The van der Waals surface area contributed by atoms with Crippen molar-refractivity contribution < 1.29 is 49.2 Å². The van der Waals surface area contributed by atoms with Gasteiger partial charge in [-0.05, 0) is 43.5 Å². The molecule has 0 aliphatic heterocycles. The first kappa shape index (κ1) is 32.8. The van der Waals surface area contributed by atoms with Crippen LogP contribution in [0.3, 0.4) is 0 Å². The molecule has 0 fully saturated rings. The topological polar surface area (TPSA) is 271 Å². The molecule has 1 aromatic rings. The Morgan fingerprint density at radius 1 is 0.744 bits per heavy atom. The van der Waals surface area contributed by atoms with Gasteiger partial charge in [0.25, 0.3) is 0 Å². The molecule has 1 aromatic carbocycles. The number of unbranched alkanes of at least 4 members (excludes halogenated alkanes) is 1. The fraction of sp³-hybridized carbons (Fsp3) is 0.500. The van der Waals surface area contributed by atoms with Crippen molar-refractivity contribution in [1.29, 1.82) is 0 Å². The van der Waals surface area contributed by atoms with Gasteiger partial charge in [0, 0.05) is 12.8 Å². The summed E-state index contributed by atoms with van der Waals surface area (Å²) < 4.78 is 0. The average Bonchev–Trinajstić information content (AvgIpc) is 2.86. The van der Waals surface area contributed by atoms with Crippen molar-refractivity contribution in [2.45, 2.75) is 69.1 Å². The molecule has 3 amide bonds. The molecule has 15 nitrogen and oxygen atoms in total. The Morgan fingerprint density at radius 3 is 1.85 bits per heavy atom. The van der Waals surface area contributed by atoms with Crippen LogP contribution in [0.15, 0.2) is 24.3 Å². The van der Waals surface area contributed by atoms with Gasteiger partial charge in [0.1, 0.15) is 23.9 Å². The van der Waals surface area contributed by atoms with Gasteiger partial charge in [0.15, 0.2) is 0 Å². The van der Waals surface area contributed by atoms with E-state index in [4.69, 9.17) is 16.6 Å². The largest absolute Gasteiger partial charge is 0.508 e.